The number of benzene rings is 1. The summed E-state index contributed by atoms with van der Waals surface area (Å²) < 4.78 is 13.4. The smallest absolute Gasteiger partial charge is 0.227 e. The molecular weight excluding hydrogens is 283 g/mol. The molecule has 1 heterocycles. The first-order valence-electron chi connectivity index (χ1n) is 6.22. The fraction of sp³-hybridized carbons (Fsp3) is 0.308. The zero-order valence-corrected chi connectivity index (χ0v) is 11.2. The highest BCUT2D eigenvalue weighted by atomic mass is 35.5. The Hall–Kier alpha value is -1.95. The van der Waals surface area contributed by atoms with Gasteiger partial charge in [0.1, 0.15) is 18.0 Å². The van der Waals surface area contributed by atoms with Crippen molar-refractivity contribution in [3.05, 3.63) is 46.8 Å². The van der Waals surface area contributed by atoms with Crippen LogP contribution >= 0.6 is 11.6 Å². The van der Waals surface area contributed by atoms with Gasteiger partial charge < -0.3 is 5.32 Å². The molecule has 1 aliphatic carbocycles. The Morgan fingerprint density at radius 2 is 2.40 bits per heavy atom. The standard InChI is InChI=1S/C13H12ClFN4O/c14-9-2-1-7(3-10(9)15)8-4-11(8)18-13(20)5-12-16-6-17-19-12/h1-3,6,8,11H,4-5H2,(H,18,20)(H,16,17,19)/t8-,11+/m0/s1. The number of nitrogens with zero attached hydrogens (tertiary/aromatic N) is 2. The first-order chi connectivity index (χ1) is 9.63. The van der Waals surface area contributed by atoms with E-state index in [9.17, 15) is 9.18 Å². The molecule has 1 saturated carbocycles. The maximum Gasteiger partial charge on any atom is 0.227 e. The van der Waals surface area contributed by atoms with E-state index in [0.717, 1.165) is 12.0 Å². The lowest BCUT2D eigenvalue weighted by molar-refractivity contribution is -0.120. The fourth-order valence-corrected chi connectivity index (χ4v) is 2.31. The van der Waals surface area contributed by atoms with Crippen LogP contribution in [-0.2, 0) is 11.2 Å². The van der Waals surface area contributed by atoms with E-state index < -0.39 is 5.82 Å². The van der Waals surface area contributed by atoms with Crippen molar-refractivity contribution in [2.75, 3.05) is 0 Å². The summed E-state index contributed by atoms with van der Waals surface area (Å²) in [6.45, 7) is 0. The molecule has 0 bridgehead atoms. The van der Waals surface area contributed by atoms with E-state index >= 15 is 0 Å². The maximum absolute atomic E-state index is 13.4. The van der Waals surface area contributed by atoms with Crippen molar-refractivity contribution >= 4 is 17.5 Å². The van der Waals surface area contributed by atoms with Gasteiger partial charge in [-0.2, -0.15) is 5.10 Å². The van der Waals surface area contributed by atoms with Crippen molar-refractivity contribution in [2.45, 2.75) is 24.8 Å². The van der Waals surface area contributed by atoms with Crippen LogP contribution in [0.4, 0.5) is 4.39 Å². The van der Waals surface area contributed by atoms with Crippen LogP contribution in [0.15, 0.2) is 24.5 Å². The Balaban J connectivity index is 1.56. The quantitative estimate of drug-likeness (QED) is 0.903. The van der Waals surface area contributed by atoms with E-state index in [4.69, 9.17) is 11.6 Å². The first kappa shape index (κ1) is 13.1. The summed E-state index contributed by atoms with van der Waals surface area (Å²) in [6.07, 6.45) is 2.33. The largest absolute Gasteiger partial charge is 0.352 e. The summed E-state index contributed by atoms with van der Waals surface area (Å²) in [5, 5.41) is 9.32. The maximum atomic E-state index is 13.4. The molecule has 2 N–H and O–H groups in total. The molecule has 0 aliphatic heterocycles. The van der Waals surface area contributed by atoms with Crippen molar-refractivity contribution in [3.8, 4) is 0 Å². The summed E-state index contributed by atoms with van der Waals surface area (Å²) in [7, 11) is 0. The number of nitrogens with one attached hydrogen (secondary N) is 2. The van der Waals surface area contributed by atoms with Crippen LogP contribution < -0.4 is 5.32 Å². The van der Waals surface area contributed by atoms with Gasteiger partial charge in [0, 0.05) is 12.0 Å². The van der Waals surface area contributed by atoms with Crippen LogP contribution in [0.3, 0.4) is 0 Å². The molecule has 2 atom stereocenters. The number of amides is 1. The third-order valence-electron chi connectivity index (χ3n) is 3.30. The third kappa shape index (κ3) is 2.80. The molecule has 0 saturated heterocycles. The zero-order valence-electron chi connectivity index (χ0n) is 10.4. The molecule has 1 aromatic carbocycles. The predicted molar refractivity (Wildman–Crippen MR) is 70.8 cm³/mol. The van der Waals surface area contributed by atoms with E-state index in [1.807, 2.05) is 0 Å². The number of H-pyrrole nitrogens is 1. The normalized spacial score (nSPS) is 20.7. The molecule has 104 valence electrons. The lowest BCUT2D eigenvalue weighted by Gasteiger charge is -2.04. The summed E-state index contributed by atoms with van der Waals surface area (Å²) in [5.74, 6) is 0.129. The molecule has 1 aromatic heterocycles. The number of carbonyl (C=O) groups excluding carboxylic acids is 1. The number of aromatic nitrogens is 3. The van der Waals surface area contributed by atoms with Crippen molar-refractivity contribution in [3.63, 3.8) is 0 Å². The second-order valence-electron chi connectivity index (χ2n) is 4.80. The van der Waals surface area contributed by atoms with Crippen LogP contribution in [0.5, 0.6) is 0 Å². The molecular formula is C13H12ClFN4O. The molecule has 2 aromatic rings. The highest BCUT2D eigenvalue weighted by Crippen LogP contribution is 2.41. The van der Waals surface area contributed by atoms with Gasteiger partial charge in [0.15, 0.2) is 0 Å². The third-order valence-corrected chi connectivity index (χ3v) is 3.61. The highest BCUT2D eigenvalue weighted by molar-refractivity contribution is 6.30. The first-order valence-corrected chi connectivity index (χ1v) is 6.60. The summed E-state index contributed by atoms with van der Waals surface area (Å²) in [6, 6.07) is 4.80. The van der Waals surface area contributed by atoms with Gasteiger partial charge in [0.2, 0.25) is 5.91 Å². The number of hydrogen-bond donors (Lipinski definition) is 2. The average molecular weight is 295 g/mol. The monoisotopic (exact) mass is 294 g/mol. The van der Waals surface area contributed by atoms with Crippen molar-refractivity contribution in [2.24, 2.45) is 0 Å². The molecule has 0 unspecified atom stereocenters. The molecule has 5 nitrogen and oxygen atoms in total. The molecule has 3 rings (SSSR count). The Kier molecular flexibility index (Phi) is 3.40. The average Bonchev–Trinajstić information content (AvgIpc) is 2.96. The topological polar surface area (TPSA) is 70.7 Å². The van der Waals surface area contributed by atoms with Gasteiger partial charge in [-0.15, -0.1) is 0 Å². The molecule has 20 heavy (non-hydrogen) atoms. The van der Waals surface area contributed by atoms with Gasteiger partial charge in [0.05, 0.1) is 11.4 Å². The number of aromatic amines is 1. The Labute approximate surface area is 119 Å². The van der Waals surface area contributed by atoms with E-state index in [1.54, 1.807) is 6.07 Å². The van der Waals surface area contributed by atoms with Gasteiger partial charge in [0.25, 0.3) is 0 Å². The Bertz CT molecular complexity index is 631. The fourth-order valence-electron chi connectivity index (χ4n) is 2.19. The minimum Gasteiger partial charge on any atom is -0.352 e. The molecule has 1 amide bonds. The molecule has 0 spiro atoms. The van der Waals surface area contributed by atoms with E-state index in [1.165, 1.54) is 18.5 Å². The Morgan fingerprint density at radius 3 is 3.10 bits per heavy atom. The van der Waals surface area contributed by atoms with Gasteiger partial charge in [-0.3, -0.25) is 9.89 Å². The molecule has 7 heteroatoms. The minimum absolute atomic E-state index is 0.0472. The van der Waals surface area contributed by atoms with Crippen LogP contribution in [0.1, 0.15) is 23.7 Å². The van der Waals surface area contributed by atoms with Gasteiger partial charge in [-0.1, -0.05) is 17.7 Å². The number of carbonyl (C=O) groups is 1. The van der Waals surface area contributed by atoms with Gasteiger partial charge in [-0.25, -0.2) is 9.37 Å². The molecule has 1 aliphatic rings. The summed E-state index contributed by atoms with van der Waals surface area (Å²) in [5.41, 5.74) is 0.858. The van der Waals surface area contributed by atoms with Gasteiger partial charge in [-0.05, 0) is 24.1 Å². The SMILES string of the molecule is O=C(Cc1ncn[nH]1)N[C@@H]1C[C@H]1c1ccc(Cl)c(F)c1. The summed E-state index contributed by atoms with van der Waals surface area (Å²) in [4.78, 5) is 15.7. The zero-order chi connectivity index (χ0) is 14.1. The second-order valence-corrected chi connectivity index (χ2v) is 5.21. The lowest BCUT2D eigenvalue weighted by Crippen LogP contribution is -2.28. The molecule has 1 fully saturated rings. The Morgan fingerprint density at radius 1 is 1.55 bits per heavy atom. The molecule has 0 radical (unpaired) electrons. The van der Waals surface area contributed by atoms with E-state index in [2.05, 4.69) is 20.5 Å². The van der Waals surface area contributed by atoms with Crippen molar-refractivity contribution in [1.29, 1.82) is 0 Å². The van der Waals surface area contributed by atoms with E-state index in [-0.39, 0.29) is 29.3 Å². The highest BCUT2D eigenvalue weighted by Gasteiger charge is 2.39. The van der Waals surface area contributed by atoms with E-state index in [0.29, 0.717) is 5.82 Å². The van der Waals surface area contributed by atoms with Crippen LogP contribution in [-0.4, -0.2) is 27.1 Å². The van der Waals surface area contributed by atoms with Crippen LogP contribution in [0.2, 0.25) is 5.02 Å². The predicted octanol–water partition coefficient (Wildman–Crippen LogP) is 1.81. The number of rotatable bonds is 4. The minimum atomic E-state index is -0.428. The van der Waals surface area contributed by atoms with Crippen LogP contribution in [0.25, 0.3) is 0 Å². The number of hydrogen-bond acceptors (Lipinski definition) is 3. The lowest BCUT2D eigenvalue weighted by atomic mass is 10.1. The number of halogens is 2. The van der Waals surface area contributed by atoms with Crippen LogP contribution in [0, 0.1) is 5.82 Å². The van der Waals surface area contributed by atoms with Crippen molar-refractivity contribution in [1.82, 2.24) is 20.5 Å². The summed E-state index contributed by atoms with van der Waals surface area (Å²) >= 11 is 5.64. The second kappa shape index (κ2) is 5.20. The van der Waals surface area contributed by atoms with Crippen molar-refractivity contribution < 1.29 is 9.18 Å². The van der Waals surface area contributed by atoms with Gasteiger partial charge >= 0.3 is 0 Å².